The van der Waals surface area contributed by atoms with Crippen molar-refractivity contribution in [1.29, 1.82) is 0 Å². The van der Waals surface area contributed by atoms with Crippen molar-refractivity contribution in [1.82, 2.24) is 9.88 Å². The van der Waals surface area contributed by atoms with Gasteiger partial charge in [-0.25, -0.2) is 4.98 Å². The largest absolute Gasteiger partial charge is 0.493 e. The van der Waals surface area contributed by atoms with Crippen molar-refractivity contribution < 1.29 is 14.3 Å². The monoisotopic (exact) mass is 369 g/mol. The molecule has 1 aromatic carbocycles. The van der Waals surface area contributed by atoms with Crippen molar-refractivity contribution in [2.45, 2.75) is 26.8 Å². The van der Waals surface area contributed by atoms with Crippen molar-refractivity contribution in [2.75, 3.05) is 38.8 Å². The van der Waals surface area contributed by atoms with Gasteiger partial charge >= 0.3 is 0 Å². The molecule has 1 aliphatic rings. The summed E-state index contributed by atoms with van der Waals surface area (Å²) in [6.45, 7) is 7.15. The highest BCUT2D eigenvalue weighted by Crippen LogP contribution is 2.33. The molecule has 144 valence electrons. The minimum absolute atomic E-state index is 0.0336. The number of hydrogen-bond acceptors (Lipinski definition) is 5. The van der Waals surface area contributed by atoms with Crippen molar-refractivity contribution in [3.63, 3.8) is 0 Å². The molecule has 0 saturated heterocycles. The number of benzene rings is 1. The van der Waals surface area contributed by atoms with Gasteiger partial charge in [-0.2, -0.15) is 0 Å². The molecule has 0 atom stereocenters. The standard InChI is InChI=1S/C21H27N3O3/c1-5-23(6-2)20-13-16(7-9-22-20)21(25)24-10-8-15-11-18(26-3)19(27-4)12-17(15)14-24/h7,9,11-13H,5-6,8,10,14H2,1-4H3. The maximum absolute atomic E-state index is 13.1. The lowest BCUT2D eigenvalue weighted by Crippen LogP contribution is -2.36. The lowest BCUT2D eigenvalue weighted by atomic mass is 9.98. The normalized spacial score (nSPS) is 13.1. The third-order valence-electron chi connectivity index (χ3n) is 5.09. The van der Waals surface area contributed by atoms with Crippen LogP contribution in [-0.4, -0.2) is 49.6 Å². The van der Waals surface area contributed by atoms with Gasteiger partial charge in [-0.1, -0.05) is 0 Å². The van der Waals surface area contributed by atoms with Gasteiger partial charge in [0.05, 0.1) is 14.2 Å². The lowest BCUT2D eigenvalue weighted by molar-refractivity contribution is 0.0734. The Bertz CT molecular complexity index is 818. The van der Waals surface area contributed by atoms with E-state index in [0.717, 1.165) is 36.6 Å². The number of ether oxygens (including phenoxy) is 2. The molecule has 2 heterocycles. The number of carbonyl (C=O) groups excluding carboxylic acids is 1. The highest BCUT2D eigenvalue weighted by Gasteiger charge is 2.24. The summed E-state index contributed by atoms with van der Waals surface area (Å²) in [6, 6.07) is 7.67. The van der Waals surface area contributed by atoms with Crippen LogP contribution in [0.3, 0.4) is 0 Å². The third-order valence-corrected chi connectivity index (χ3v) is 5.09. The minimum Gasteiger partial charge on any atom is -0.493 e. The molecule has 0 fully saturated rings. The van der Waals surface area contributed by atoms with E-state index in [1.54, 1.807) is 26.5 Å². The van der Waals surface area contributed by atoms with Crippen LogP contribution in [0.25, 0.3) is 0 Å². The van der Waals surface area contributed by atoms with E-state index in [0.29, 0.717) is 24.4 Å². The van der Waals surface area contributed by atoms with Gasteiger partial charge < -0.3 is 19.3 Å². The predicted octanol–water partition coefficient (Wildman–Crippen LogP) is 3.14. The fourth-order valence-corrected chi connectivity index (χ4v) is 3.51. The van der Waals surface area contributed by atoms with Crippen LogP contribution in [0.1, 0.15) is 35.3 Å². The predicted molar refractivity (Wildman–Crippen MR) is 106 cm³/mol. The third kappa shape index (κ3) is 3.84. The first kappa shape index (κ1) is 19.0. The van der Waals surface area contributed by atoms with Crippen molar-refractivity contribution in [2.24, 2.45) is 0 Å². The molecule has 6 heteroatoms. The Morgan fingerprint density at radius 2 is 1.78 bits per heavy atom. The Morgan fingerprint density at radius 1 is 1.11 bits per heavy atom. The number of nitrogens with zero attached hydrogens (tertiary/aromatic N) is 3. The van der Waals surface area contributed by atoms with Gasteiger partial charge in [0.2, 0.25) is 0 Å². The summed E-state index contributed by atoms with van der Waals surface area (Å²) in [5.41, 5.74) is 2.98. The average molecular weight is 369 g/mol. The van der Waals surface area contributed by atoms with E-state index >= 15 is 0 Å². The van der Waals surface area contributed by atoms with Crippen LogP contribution >= 0.6 is 0 Å². The van der Waals surface area contributed by atoms with Gasteiger partial charge in [-0.3, -0.25) is 4.79 Å². The summed E-state index contributed by atoms with van der Waals surface area (Å²) in [5.74, 6) is 2.30. The number of amides is 1. The fourth-order valence-electron chi connectivity index (χ4n) is 3.51. The smallest absolute Gasteiger partial charge is 0.254 e. The molecule has 2 aromatic rings. The highest BCUT2D eigenvalue weighted by molar-refractivity contribution is 5.95. The summed E-state index contributed by atoms with van der Waals surface area (Å²) in [7, 11) is 3.27. The molecule has 6 nitrogen and oxygen atoms in total. The van der Waals surface area contributed by atoms with E-state index < -0.39 is 0 Å². The van der Waals surface area contributed by atoms with Gasteiger partial charge in [0, 0.05) is 37.9 Å². The number of anilines is 1. The van der Waals surface area contributed by atoms with Gasteiger partial charge in [-0.15, -0.1) is 0 Å². The second kappa shape index (κ2) is 8.29. The molecule has 0 bridgehead atoms. The molecular weight excluding hydrogens is 342 g/mol. The maximum Gasteiger partial charge on any atom is 0.254 e. The quantitative estimate of drug-likeness (QED) is 0.783. The first-order valence-electron chi connectivity index (χ1n) is 9.35. The number of hydrogen-bond donors (Lipinski definition) is 0. The van der Waals surface area contributed by atoms with Crippen molar-refractivity contribution in [3.05, 3.63) is 47.2 Å². The summed E-state index contributed by atoms with van der Waals surface area (Å²) < 4.78 is 10.8. The molecule has 0 aliphatic carbocycles. The van der Waals surface area contributed by atoms with E-state index in [1.165, 1.54) is 5.56 Å². The summed E-state index contributed by atoms with van der Waals surface area (Å²) in [6.07, 6.45) is 2.52. The molecule has 1 amide bonds. The van der Waals surface area contributed by atoms with E-state index in [9.17, 15) is 4.79 Å². The fraction of sp³-hybridized carbons (Fsp3) is 0.429. The Hall–Kier alpha value is -2.76. The zero-order valence-corrected chi connectivity index (χ0v) is 16.5. The first-order valence-corrected chi connectivity index (χ1v) is 9.35. The highest BCUT2D eigenvalue weighted by atomic mass is 16.5. The number of rotatable bonds is 6. The van der Waals surface area contributed by atoms with Gasteiger partial charge in [0.15, 0.2) is 11.5 Å². The molecule has 3 rings (SSSR count). The van der Waals surface area contributed by atoms with Crippen LogP contribution in [0.4, 0.5) is 5.82 Å². The van der Waals surface area contributed by atoms with Gasteiger partial charge in [0.1, 0.15) is 5.82 Å². The summed E-state index contributed by atoms with van der Waals surface area (Å²) in [5, 5.41) is 0. The van der Waals surface area contributed by atoms with Crippen LogP contribution in [0.2, 0.25) is 0 Å². The maximum atomic E-state index is 13.1. The van der Waals surface area contributed by atoms with Gasteiger partial charge in [0.25, 0.3) is 5.91 Å². The Morgan fingerprint density at radius 3 is 2.41 bits per heavy atom. The van der Waals surface area contributed by atoms with Crippen molar-refractivity contribution in [3.8, 4) is 11.5 Å². The lowest BCUT2D eigenvalue weighted by Gasteiger charge is -2.30. The molecule has 1 aliphatic heterocycles. The first-order chi connectivity index (χ1) is 13.1. The zero-order chi connectivity index (χ0) is 19.4. The number of fused-ring (bicyclic) bond motifs is 1. The Labute approximate surface area is 160 Å². The van der Waals surface area contributed by atoms with Crippen LogP contribution in [0.5, 0.6) is 11.5 Å². The van der Waals surface area contributed by atoms with Crippen LogP contribution in [0.15, 0.2) is 30.5 Å². The van der Waals surface area contributed by atoms with E-state index in [4.69, 9.17) is 9.47 Å². The molecular formula is C21H27N3O3. The molecule has 0 unspecified atom stereocenters. The van der Waals surface area contributed by atoms with Crippen LogP contribution in [-0.2, 0) is 13.0 Å². The Kier molecular flexibility index (Phi) is 5.84. The number of pyridine rings is 1. The number of aromatic nitrogens is 1. The van der Waals surface area contributed by atoms with E-state index in [-0.39, 0.29) is 5.91 Å². The molecule has 0 spiro atoms. The Balaban J connectivity index is 1.83. The molecule has 1 aromatic heterocycles. The van der Waals surface area contributed by atoms with E-state index in [1.807, 2.05) is 23.1 Å². The number of carbonyl (C=O) groups is 1. The van der Waals surface area contributed by atoms with Gasteiger partial charge in [-0.05, 0) is 55.7 Å². The number of methoxy groups -OCH3 is 2. The zero-order valence-electron chi connectivity index (χ0n) is 16.5. The molecule has 0 N–H and O–H groups in total. The molecule has 27 heavy (non-hydrogen) atoms. The average Bonchev–Trinajstić information content (AvgIpc) is 2.72. The molecule has 0 radical (unpaired) electrons. The second-order valence-electron chi connectivity index (χ2n) is 6.53. The van der Waals surface area contributed by atoms with E-state index in [2.05, 4.69) is 23.7 Å². The van der Waals surface area contributed by atoms with Crippen LogP contribution in [0, 0.1) is 0 Å². The molecule has 0 saturated carbocycles. The SMILES string of the molecule is CCN(CC)c1cc(C(=O)N2CCc3cc(OC)c(OC)cc3C2)ccn1. The van der Waals surface area contributed by atoms with Crippen molar-refractivity contribution >= 4 is 11.7 Å². The minimum atomic E-state index is 0.0336. The topological polar surface area (TPSA) is 54.9 Å². The van der Waals surface area contributed by atoms with Crippen LogP contribution < -0.4 is 14.4 Å². The summed E-state index contributed by atoms with van der Waals surface area (Å²) in [4.78, 5) is 21.5. The second-order valence-corrected chi connectivity index (χ2v) is 6.53. The summed E-state index contributed by atoms with van der Waals surface area (Å²) >= 11 is 0.